The Morgan fingerprint density at radius 1 is 1.06 bits per heavy atom. The number of nitrogens with one attached hydrogen (secondary N) is 2. The van der Waals surface area contributed by atoms with E-state index in [0.29, 0.717) is 36.8 Å². The van der Waals surface area contributed by atoms with Gasteiger partial charge in [0.05, 0.1) is 0 Å². The van der Waals surface area contributed by atoms with Crippen LogP contribution in [0.4, 0.5) is 5.69 Å². The van der Waals surface area contributed by atoms with Crippen LogP contribution in [-0.4, -0.2) is 45.9 Å². The van der Waals surface area contributed by atoms with Crippen molar-refractivity contribution < 1.29 is 14.4 Å². The molecule has 35 heavy (non-hydrogen) atoms. The van der Waals surface area contributed by atoms with Gasteiger partial charge in [-0.3, -0.25) is 14.4 Å². The van der Waals surface area contributed by atoms with Gasteiger partial charge in [0.25, 0.3) is 11.8 Å². The normalized spacial score (nSPS) is 13.9. The van der Waals surface area contributed by atoms with Gasteiger partial charge in [0.15, 0.2) is 0 Å². The minimum absolute atomic E-state index is 0.0239. The first kappa shape index (κ1) is 24.8. The van der Waals surface area contributed by atoms with Gasteiger partial charge in [-0.1, -0.05) is 58.8 Å². The average Bonchev–Trinajstić information content (AvgIpc) is 3.34. The van der Waals surface area contributed by atoms with Crippen LogP contribution in [0.1, 0.15) is 50.0 Å². The minimum Gasteiger partial charge on any atom is -0.352 e. The van der Waals surface area contributed by atoms with Crippen molar-refractivity contribution in [2.45, 2.75) is 32.7 Å². The van der Waals surface area contributed by atoms with Crippen LogP contribution in [0.5, 0.6) is 0 Å². The molecule has 10 heteroatoms. The molecule has 8 nitrogen and oxygen atoms in total. The van der Waals surface area contributed by atoms with Crippen LogP contribution < -0.4 is 10.6 Å². The molecule has 0 aliphatic carbocycles. The largest absolute Gasteiger partial charge is 0.352 e. The molecule has 1 fully saturated rings. The second-order valence-corrected chi connectivity index (χ2v) is 10.00. The molecule has 0 spiro atoms. The zero-order valence-electron chi connectivity index (χ0n) is 19.3. The Morgan fingerprint density at radius 2 is 1.80 bits per heavy atom. The third kappa shape index (κ3) is 6.86. The summed E-state index contributed by atoms with van der Waals surface area (Å²) in [6, 6.07) is 14.8. The number of nitrogens with zero attached hydrogens (tertiary/aromatic N) is 3. The molecule has 2 N–H and O–H groups in total. The molecule has 1 aliphatic heterocycles. The molecule has 0 unspecified atom stereocenters. The second-order valence-electron chi connectivity index (χ2n) is 8.58. The first-order valence-electron chi connectivity index (χ1n) is 11.4. The predicted molar refractivity (Wildman–Crippen MR) is 136 cm³/mol. The summed E-state index contributed by atoms with van der Waals surface area (Å²) in [5, 5.41) is 14.3. The van der Waals surface area contributed by atoms with Crippen molar-refractivity contribution in [3.63, 3.8) is 0 Å². The number of carbonyl (C=O) groups excluding carboxylic acids is 3. The number of aromatic nitrogens is 2. The zero-order chi connectivity index (χ0) is 24.8. The predicted octanol–water partition coefficient (Wildman–Crippen LogP) is 4.31. The van der Waals surface area contributed by atoms with Crippen LogP contribution in [0.15, 0.2) is 48.5 Å². The summed E-state index contributed by atoms with van der Waals surface area (Å²) in [4.78, 5) is 39.4. The summed E-state index contributed by atoms with van der Waals surface area (Å²) in [6.07, 6.45) is 1.93. The van der Waals surface area contributed by atoms with Gasteiger partial charge in [-0.05, 0) is 49.4 Å². The first-order chi connectivity index (χ1) is 16.9. The van der Waals surface area contributed by atoms with Crippen LogP contribution in [0.25, 0.3) is 0 Å². The molecule has 1 aliphatic rings. The van der Waals surface area contributed by atoms with Gasteiger partial charge < -0.3 is 15.5 Å². The zero-order valence-corrected chi connectivity index (χ0v) is 20.9. The summed E-state index contributed by atoms with van der Waals surface area (Å²) in [6.45, 7) is 3.62. The van der Waals surface area contributed by atoms with Gasteiger partial charge >= 0.3 is 0 Å². The SMILES string of the molecule is Cc1cccc(CNC(=O)CC2CCN(C(=O)c3nnc(C(=O)Nc4cccc(Cl)c4)s3)CC2)c1. The maximum Gasteiger partial charge on any atom is 0.286 e. The molecule has 3 amide bonds. The van der Waals surface area contributed by atoms with Gasteiger partial charge in [0.2, 0.25) is 15.9 Å². The van der Waals surface area contributed by atoms with E-state index in [0.717, 1.165) is 35.3 Å². The van der Waals surface area contributed by atoms with E-state index in [2.05, 4.69) is 26.9 Å². The van der Waals surface area contributed by atoms with E-state index < -0.39 is 5.91 Å². The van der Waals surface area contributed by atoms with Crippen LogP contribution in [-0.2, 0) is 11.3 Å². The van der Waals surface area contributed by atoms with E-state index in [-0.39, 0.29) is 27.7 Å². The smallest absolute Gasteiger partial charge is 0.286 e. The topological polar surface area (TPSA) is 104 Å². The Kier molecular flexibility index (Phi) is 8.09. The van der Waals surface area contributed by atoms with E-state index >= 15 is 0 Å². The number of anilines is 1. The molecule has 0 bridgehead atoms. The van der Waals surface area contributed by atoms with E-state index in [1.807, 2.05) is 25.1 Å². The van der Waals surface area contributed by atoms with Crippen molar-refractivity contribution in [2.75, 3.05) is 18.4 Å². The van der Waals surface area contributed by atoms with Gasteiger partial charge in [0, 0.05) is 36.8 Å². The van der Waals surface area contributed by atoms with Crippen LogP contribution >= 0.6 is 22.9 Å². The molecular formula is C25H26ClN5O3S. The third-order valence-electron chi connectivity index (χ3n) is 5.83. The van der Waals surface area contributed by atoms with Crippen molar-refractivity contribution in [1.82, 2.24) is 20.4 Å². The Labute approximate surface area is 212 Å². The van der Waals surface area contributed by atoms with Crippen LogP contribution in [0, 0.1) is 12.8 Å². The van der Waals surface area contributed by atoms with Gasteiger partial charge in [-0.15, -0.1) is 10.2 Å². The number of aryl methyl sites for hydroxylation is 1. The van der Waals surface area contributed by atoms with Gasteiger partial charge in [-0.25, -0.2) is 0 Å². The Hall–Kier alpha value is -3.30. The highest BCUT2D eigenvalue weighted by atomic mass is 35.5. The summed E-state index contributed by atoms with van der Waals surface area (Å²) in [5.74, 6) is -0.438. The number of likely N-dealkylation sites (tertiary alicyclic amines) is 1. The monoisotopic (exact) mass is 511 g/mol. The van der Waals surface area contributed by atoms with E-state index in [1.165, 1.54) is 0 Å². The van der Waals surface area contributed by atoms with Crippen molar-refractivity contribution in [3.05, 3.63) is 74.7 Å². The number of hydrogen-bond donors (Lipinski definition) is 2. The lowest BCUT2D eigenvalue weighted by atomic mass is 9.93. The summed E-state index contributed by atoms with van der Waals surface area (Å²) < 4.78 is 0. The number of hydrogen-bond acceptors (Lipinski definition) is 6. The summed E-state index contributed by atoms with van der Waals surface area (Å²) >= 11 is 6.90. The Balaban J connectivity index is 1.23. The summed E-state index contributed by atoms with van der Waals surface area (Å²) in [7, 11) is 0. The van der Waals surface area contributed by atoms with Crippen LogP contribution in [0.2, 0.25) is 5.02 Å². The summed E-state index contributed by atoms with van der Waals surface area (Å²) in [5.41, 5.74) is 2.78. The molecule has 0 atom stereocenters. The number of piperidine rings is 1. The first-order valence-corrected chi connectivity index (χ1v) is 12.6. The van der Waals surface area contributed by atoms with Crippen molar-refractivity contribution in [3.8, 4) is 0 Å². The highest BCUT2D eigenvalue weighted by molar-refractivity contribution is 7.15. The maximum absolute atomic E-state index is 12.9. The number of carbonyl (C=O) groups is 3. The number of halogens is 1. The molecule has 0 radical (unpaired) electrons. The second kappa shape index (κ2) is 11.4. The molecule has 2 aromatic carbocycles. The molecule has 0 saturated carbocycles. The quantitative estimate of drug-likeness (QED) is 0.492. The lowest BCUT2D eigenvalue weighted by molar-refractivity contribution is -0.122. The molecule has 1 saturated heterocycles. The lowest BCUT2D eigenvalue weighted by Gasteiger charge is -2.31. The maximum atomic E-state index is 12.9. The fraction of sp³-hybridized carbons (Fsp3) is 0.320. The molecule has 182 valence electrons. The van der Waals surface area contributed by atoms with Crippen molar-refractivity contribution in [1.29, 1.82) is 0 Å². The third-order valence-corrected chi connectivity index (χ3v) is 6.98. The molecule has 4 rings (SSSR count). The van der Waals surface area contributed by atoms with Gasteiger partial charge in [-0.2, -0.15) is 0 Å². The van der Waals surface area contributed by atoms with Crippen LogP contribution in [0.3, 0.4) is 0 Å². The van der Waals surface area contributed by atoms with Crippen molar-refractivity contribution in [2.24, 2.45) is 5.92 Å². The number of amides is 3. The standard InChI is InChI=1S/C25H26ClN5O3S/c1-16-4-2-5-18(12-16)15-27-21(32)13-17-8-10-31(11-9-17)25(34)24-30-29-23(35-24)22(33)28-20-7-3-6-19(26)14-20/h2-7,12,14,17H,8-11,13,15H2,1H3,(H,27,32)(H,28,33). The molecule has 1 aromatic heterocycles. The Bertz CT molecular complexity index is 1220. The fourth-order valence-corrected chi connectivity index (χ4v) is 4.88. The highest BCUT2D eigenvalue weighted by Gasteiger charge is 2.28. The molecular weight excluding hydrogens is 486 g/mol. The van der Waals surface area contributed by atoms with E-state index in [4.69, 9.17) is 11.6 Å². The average molecular weight is 512 g/mol. The highest BCUT2D eigenvalue weighted by Crippen LogP contribution is 2.23. The fourth-order valence-electron chi connectivity index (χ4n) is 3.98. The van der Waals surface area contributed by atoms with E-state index in [9.17, 15) is 14.4 Å². The minimum atomic E-state index is -0.445. The number of rotatable bonds is 7. The molecule has 2 heterocycles. The van der Waals surface area contributed by atoms with E-state index in [1.54, 1.807) is 29.2 Å². The Morgan fingerprint density at radius 3 is 2.54 bits per heavy atom. The molecule has 3 aromatic rings. The van der Waals surface area contributed by atoms with Crippen molar-refractivity contribution >= 4 is 46.3 Å². The number of benzene rings is 2. The van der Waals surface area contributed by atoms with Gasteiger partial charge in [0.1, 0.15) is 0 Å². The lowest BCUT2D eigenvalue weighted by Crippen LogP contribution is -2.39.